The van der Waals surface area contributed by atoms with Gasteiger partial charge in [0.25, 0.3) is 0 Å². The second-order valence-corrected chi connectivity index (χ2v) is 9.11. The fourth-order valence-corrected chi connectivity index (χ4v) is 4.64. The van der Waals surface area contributed by atoms with Gasteiger partial charge in [0.05, 0.1) is 10.8 Å². The maximum Gasteiger partial charge on any atom is 0.245 e. The van der Waals surface area contributed by atoms with Crippen LogP contribution in [0, 0.1) is 0 Å². The molecular formula is C26H22O6. The Kier molecular flexibility index (Phi) is 3.50. The number of benzene rings is 4. The second-order valence-electron chi connectivity index (χ2n) is 9.11. The van der Waals surface area contributed by atoms with E-state index in [2.05, 4.69) is 0 Å². The summed E-state index contributed by atoms with van der Waals surface area (Å²) >= 11 is 0. The molecule has 6 heteroatoms. The maximum absolute atomic E-state index is 11.2. The first-order valence-corrected chi connectivity index (χ1v) is 10.5. The number of hydrogen-bond donors (Lipinski definition) is 2. The molecule has 0 spiro atoms. The molecule has 4 aromatic rings. The Morgan fingerprint density at radius 2 is 0.938 bits per heavy atom. The topological polar surface area (TPSA) is 77.4 Å². The van der Waals surface area contributed by atoms with Crippen LogP contribution in [0.4, 0.5) is 0 Å². The summed E-state index contributed by atoms with van der Waals surface area (Å²) in [6, 6.07) is 14.5. The molecule has 0 radical (unpaired) electrons. The van der Waals surface area contributed by atoms with E-state index < -0.39 is 11.6 Å². The highest BCUT2D eigenvalue weighted by molar-refractivity contribution is 6.07. The molecule has 0 amide bonds. The van der Waals surface area contributed by atoms with Crippen molar-refractivity contribution in [1.29, 1.82) is 0 Å². The van der Waals surface area contributed by atoms with E-state index in [0.29, 0.717) is 55.7 Å². The van der Waals surface area contributed by atoms with Crippen LogP contribution >= 0.6 is 0 Å². The van der Waals surface area contributed by atoms with Crippen molar-refractivity contribution < 1.29 is 29.2 Å². The van der Waals surface area contributed by atoms with Crippen molar-refractivity contribution in [1.82, 2.24) is 0 Å². The third-order valence-electron chi connectivity index (χ3n) is 5.83. The molecule has 0 bridgehead atoms. The van der Waals surface area contributed by atoms with Gasteiger partial charge in [0.1, 0.15) is 34.5 Å². The van der Waals surface area contributed by atoms with Crippen LogP contribution in [0.1, 0.15) is 27.7 Å². The molecule has 0 saturated heterocycles. The summed E-state index contributed by atoms with van der Waals surface area (Å²) in [6.07, 6.45) is 0. The lowest BCUT2D eigenvalue weighted by Gasteiger charge is -2.34. The number of aromatic hydroxyl groups is 2. The largest absolute Gasteiger partial charge is 0.507 e. The molecule has 0 aliphatic carbocycles. The first kappa shape index (κ1) is 18.9. The van der Waals surface area contributed by atoms with Gasteiger partial charge in [-0.3, -0.25) is 0 Å². The Labute approximate surface area is 184 Å². The Bertz CT molecular complexity index is 1340. The van der Waals surface area contributed by atoms with Gasteiger partial charge < -0.3 is 29.2 Å². The predicted octanol–water partition coefficient (Wildman–Crippen LogP) is 6.09. The average Bonchev–Trinajstić information content (AvgIpc) is 2.71. The first-order chi connectivity index (χ1) is 15.1. The van der Waals surface area contributed by atoms with Crippen molar-refractivity contribution in [3.63, 3.8) is 0 Å². The maximum atomic E-state index is 11.2. The summed E-state index contributed by atoms with van der Waals surface area (Å²) in [7, 11) is 0. The average molecular weight is 430 g/mol. The lowest BCUT2D eigenvalue weighted by Crippen LogP contribution is -2.37. The van der Waals surface area contributed by atoms with Crippen LogP contribution in [0.25, 0.3) is 32.7 Å². The molecule has 6 nitrogen and oxygen atoms in total. The molecule has 0 saturated carbocycles. The van der Waals surface area contributed by atoms with Crippen molar-refractivity contribution >= 4 is 21.5 Å². The molecule has 2 N–H and O–H groups in total. The van der Waals surface area contributed by atoms with Crippen molar-refractivity contribution in [3.8, 4) is 45.6 Å². The monoisotopic (exact) mass is 430 g/mol. The zero-order valence-corrected chi connectivity index (χ0v) is 18.1. The summed E-state index contributed by atoms with van der Waals surface area (Å²) in [6.45, 7) is 7.32. The van der Waals surface area contributed by atoms with Crippen LogP contribution in [0.2, 0.25) is 0 Å². The van der Waals surface area contributed by atoms with Gasteiger partial charge in [0.15, 0.2) is 0 Å². The second kappa shape index (κ2) is 5.91. The van der Waals surface area contributed by atoms with E-state index in [0.717, 1.165) is 0 Å². The van der Waals surface area contributed by atoms with Crippen LogP contribution in [0.5, 0.6) is 34.5 Å². The summed E-state index contributed by atoms with van der Waals surface area (Å²) in [5, 5.41) is 25.0. The molecule has 0 atom stereocenters. The Morgan fingerprint density at radius 1 is 0.562 bits per heavy atom. The van der Waals surface area contributed by atoms with Gasteiger partial charge in [-0.1, -0.05) is 24.3 Å². The fraction of sp³-hybridized carbons (Fsp3) is 0.231. The normalized spacial score (nSPS) is 17.2. The first-order valence-electron chi connectivity index (χ1n) is 10.5. The summed E-state index contributed by atoms with van der Waals surface area (Å²) < 4.78 is 24.1. The third kappa shape index (κ3) is 2.59. The SMILES string of the molecule is CC1(C)Oc2cccc3c(O)c(-c4cc5c6c(cccc6c4O)OC(C)(C)O5)cc(c23)O1. The number of rotatable bonds is 1. The van der Waals surface area contributed by atoms with Crippen molar-refractivity contribution in [3.05, 3.63) is 48.5 Å². The summed E-state index contributed by atoms with van der Waals surface area (Å²) in [5.41, 5.74) is 0.882. The minimum atomic E-state index is -0.869. The molecule has 4 aromatic carbocycles. The molecular weight excluding hydrogens is 408 g/mol. The van der Waals surface area contributed by atoms with Crippen LogP contribution in [0.15, 0.2) is 48.5 Å². The Balaban J connectivity index is 1.67. The van der Waals surface area contributed by atoms with Crippen molar-refractivity contribution in [2.24, 2.45) is 0 Å². The zero-order valence-electron chi connectivity index (χ0n) is 18.1. The zero-order chi connectivity index (χ0) is 22.4. The predicted molar refractivity (Wildman–Crippen MR) is 121 cm³/mol. The van der Waals surface area contributed by atoms with Crippen LogP contribution in [-0.2, 0) is 0 Å². The van der Waals surface area contributed by atoms with Crippen LogP contribution in [0.3, 0.4) is 0 Å². The van der Waals surface area contributed by atoms with Gasteiger partial charge >= 0.3 is 0 Å². The fourth-order valence-electron chi connectivity index (χ4n) is 4.64. The number of ether oxygens (including phenoxy) is 4. The van der Waals surface area contributed by atoms with E-state index in [4.69, 9.17) is 18.9 Å². The molecule has 0 unspecified atom stereocenters. The number of hydrogen-bond acceptors (Lipinski definition) is 6. The molecule has 0 fully saturated rings. The minimum absolute atomic E-state index is 0.0295. The van der Waals surface area contributed by atoms with E-state index in [1.165, 1.54) is 0 Å². The lowest BCUT2D eigenvalue weighted by molar-refractivity contribution is -0.0867. The minimum Gasteiger partial charge on any atom is -0.507 e. The Morgan fingerprint density at radius 3 is 1.34 bits per heavy atom. The van der Waals surface area contributed by atoms with Crippen LogP contribution < -0.4 is 18.9 Å². The van der Waals surface area contributed by atoms with Gasteiger partial charge in [-0.2, -0.15) is 0 Å². The van der Waals surface area contributed by atoms with E-state index in [9.17, 15) is 10.2 Å². The van der Waals surface area contributed by atoms with Crippen molar-refractivity contribution in [2.45, 2.75) is 39.3 Å². The standard InChI is InChI=1S/C26H22O6/c1-25(2)29-17-9-5-7-13-21(17)19(31-25)11-15(23(13)27)16-12-20-22-14(24(16)28)8-6-10-18(22)30-26(3,4)32-20/h5-12,27-28H,1-4H3. The van der Waals surface area contributed by atoms with Gasteiger partial charge in [0, 0.05) is 49.6 Å². The quantitative estimate of drug-likeness (QED) is 0.381. The molecule has 2 heterocycles. The van der Waals surface area contributed by atoms with E-state index in [1.807, 2.05) is 52.0 Å². The third-order valence-corrected chi connectivity index (χ3v) is 5.83. The smallest absolute Gasteiger partial charge is 0.245 e. The summed E-state index contributed by atoms with van der Waals surface area (Å²) in [5.74, 6) is 0.750. The molecule has 2 aliphatic heterocycles. The number of phenols is 2. The molecule has 0 aromatic heterocycles. The molecule has 32 heavy (non-hydrogen) atoms. The number of phenolic OH excluding ortho intramolecular Hbond substituents is 2. The summed E-state index contributed by atoms with van der Waals surface area (Å²) in [4.78, 5) is 0. The molecule has 6 rings (SSSR count). The van der Waals surface area contributed by atoms with Crippen molar-refractivity contribution in [2.75, 3.05) is 0 Å². The van der Waals surface area contributed by atoms with E-state index in [-0.39, 0.29) is 11.5 Å². The highest BCUT2D eigenvalue weighted by Crippen LogP contribution is 2.53. The van der Waals surface area contributed by atoms with Gasteiger partial charge in [-0.15, -0.1) is 0 Å². The van der Waals surface area contributed by atoms with Gasteiger partial charge in [0.2, 0.25) is 11.6 Å². The van der Waals surface area contributed by atoms with Gasteiger partial charge in [-0.25, -0.2) is 0 Å². The highest BCUT2D eigenvalue weighted by Gasteiger charge is 2.34. The molecule has 162 valence electrons. The lowest BCUT2D eigenvalue weighted by atomic mass is 9.94. The molecule has 2 aliphatic rings. The highest BCUT2D eigenvalue weighted by atomic mass is 16.7. The van der Waals surface area contributed by atoms with Crippen LogP contribution in [-0.4, -0.2) is 21.8 Å². The Hall–Kier alpha value is -3.80. The van der Waals surface area contributed by atoms with E-state index >= 15 is 0 Å². The van der Waals surface area contributed by atoms with Gasteiger partial charge in [-0.05, 0) is 24.3 Å². The van der Waals surface area contributed by atoms with E-state index in [1.54, 1.807) is 24.3 Å².